The lowest BCUT2D eigenvalue weighted by Gasteiger charge is -2.07. The third kappa shape index (κ3) is 3.14. The van der Waals surface area contributed by atoms with Crippen LogP contribution in [-0.4, -0.2) is 28.8 Å². The first-order chi connectivity index (χ1) is 11.2. The number of carbonyl (C=O) groups is 2. The first-order valence-corrected chi connectivity index (χ1v) is 7.64. The number of rotatable bonds is 4. The lowest BCUT2D eigenvalue weighted by molar-refractivity contribution is 0.0607. The van der Waals surface area contributed by atoms with Crippen LogP contribution in [0.25, 0.3) is 5.69 Å². The molecule has 0 aliphatic rings. The molecule has 0 aliphatic carbocycles. The summed E-state index contributed by atoms with van der Waals surface area (Å²) < 4.78 is 6.39. The molecule has 23 heavy (non-hydrogen) atoms. The summed E-state index contributed by atoms with van der Waals surface area (Å²) in [6, 6.07) is 10.5. The summed E-state index contributed by atoms with van der Waals surface area (Å²) >= 11 is 1.22. The van der Waals surface area contributed by atoms with Crippen molar-refractivity contribution in [3.05, 3.63) is 64.6 Å². The zero-order valence-electron chi connectivity index (χ0n) is 12.2. The van der Waals surface area contributed by atoms with Gasteiger partial charge in [0.2, 0.25) is 0 Å². The molecule has 7 heteroatoms. The Morgan fingerprint density at radius 2 is 2.00 bits per heavy atom. The van der Waals surface area contributed by atoms with E-state index in [0.717, 1.165) is 5.69 Å². The molecule has 1 amide bonds. The Morgan fingerprint density at radius 3 is 2.65 bits per heavy atom. The summed E-state index contributed by atoms with van der Waals surface area (Å²) in [6.45, 7) is 0. The maximum absolute atomic E-state index is 12.3. The van der Waals surface area contributed by atoms with E-state index in [2.05, 4.69) is 10.4 Å². The molecule has 1 N–H and O–H groups in total. The molecule has 0 unspecified atom stereocenters. The summed E-state index contributed by atoms with van der Waals surface area (Å²) in [4.78, 5) is 24.3. The zero-order chi connectivity index (χ0) is 16.2. The maximum Gasteiger partial charge on any atom is 0.350 e. The number of hydrogen-bond acceptors (Lipinski definition) is 5. The number of ether oxygens (including phenoxy) is 1. The minimum atomic E-state index is -0.468. The molecule has 116 valence electrons. The fraction of sp³-hybridized carbons (Fsp3) is 0.0625. The van der Waals surface area contributed by atoms with E-state index in [0.29, 0.717) is 16.1 Å². The Kier molecular flexibility index (Phi) is 4.20. The summed E-state index contributed by atoms with van der Waals surface area (Å²) in [5.41, 5.74) is 1.79. The highest BCUT2D eigenvalue weighted by Gasteiger charge is 2.16. The van der Waals surface area contributed by atoms with Crippen LogP contribution in [0.4, 0.5) is 5.69 Å². The van der Waals surface area contributed by atoms with Gasteiger partial charge in [-0.3, -0.25) is 4.79 Å². The van der Waals surface area contributed by atoms with Crippen molar-refractivity contribution in [3.8, 4) is 5.69 Å². The van der Waals surface area contributed by atoms with Crippen LogP contribution < -0.4 is 5.32 Å². The van der Waals surface area contributed by atoms with Gasteiger partial charge in [-0.25, -0.2) is 9.48 Å². The number of amides is 1. The first kappa shape index (κ1) is 15.0. The van der Waals surface area contributed by atoms with Gasteiger partial charge in [-0.2, -0.15) is 5.10 Å². The fourth-order valence-corrected chi connectivity index (χ4v) is 2.81. The molecule has 0 radical (unpaired) electrons. The summed E-state index contributed by atoms with van der Waals surface area (Å²) in [6.07, 6.45) is 3.51. The van der Waals surface area contributed by atoms with Crippen molar-refractivity contribution < 1.29 is 14.3 Å². The second-order valence-electron chi connectivity index (χ2n) is 4.61. The molecular formula is C16H13N3O3S. The van der Waals surface area contributed by atoms with Crippen molar-refractivity contribution in [3.63, 3.8) is 0 Å². The molecule has 3 rings (SSSR count). The lowest BCUT2D eigenvalue weighted by atomic mass is 10.2. The van der Waals surface area contributed by atoms with Crippen molar-refractivity contribution >= 4 is 28.9 Å². The highest BCUT2D eigenvalue weighted by atomic mass is 32.1. The van der Waals surface area contributed by atoms with E-state index in [1.165, 1.54) is 18.4 Å². The molecule has 0 aliphatic heterocycles. The third-order valence-corrected chi connectivity index (χ3v) is 4.08. The van der Waals surface area contributed by atoms with E-state index >= 15 is 0 Å². The fourth-order valence-electron chi connectivity index (χ4n) is 2.04. The zero-order valence-corrected chi connectivity index (χ0v) is 13.0. The second-order valence-corrected chi connectivity index (χ2v) is 5.52. The SMILES string of the molecule is COC(=O)c1sccc1NC(=O)c1ccc(-n2cccn2)cc1. The number of aromatic nitrogens is 2. The first-order valence-electron chi connectivity index (χ1n) is 6.76. The van der Waals surface area contributed by atoms with E-state index in [1.54, 1.807) is 46.6 Å². The van der Waals surface area contributed by atoms with Crippen molar-refractivity contribution in [2.24, 2.45) is 0 Å². The number of anilines is 1. The van der Waals surface area contributed by atoms with Gasteiger partial charge < -0.3 is 10.1 Å². The predicted octanol–water partition coefficient (Wildman–Crippen LogP) is 2.97. The van der Waals surface area contributed by atoms with Crippen molar-refractivity contribution in [2.75, 3.05) is 12.4 Å². The number of esters is 1. The molecular weight excluding hydrogens is 314 g/mol. The van der Waals surface area contributed by atoms with Gasteiger partial charge in [-0.1, -0.05) is 0 Å². The number of benzene rings is 1. The average molecular weight is 327 g/mol. The lowest BCUT2D eigenvalue weighted by Crippen LogP contribution is -2.14. The van der Waals surface area contributed by atoms with Crippen LogP contribution in [0, 0.1) is 0 Å². The van der Waals surface area contributed by atoms with Gasteiger partial charge in [-0.05, 0) is 41.8 Å². The number of nitrogens with one attached hydrogen (secondary N) is 1. The third-order valence-electron chi connectivity index (χ3n) is 3.18. The number of methoxy groups -OCH3 is 1. The Bertz CT molecular complexity index is 823. The van der Waals surface area contributed by atoms with Crippen LogP contribution in [0.2, 0.25) is 0 Å². The molecule has 6 nitrogen and oxygen atoms in total. The molecule has 0 bridgehead atoms. The van der Waals surface area contributed by atoms with Crippen molar-refractivity contribution in [1.29, 1.82) is 0 Å². The van der Waals surface area contributed by atoms with Crippen molar-refractivity contribution in [1.82, 2.24) is 9.78 Å². The molecule has 3 aromatic rings. The van der Waals surface area contributed by atoms with Gasteiger partial charge in [0.15, 0.2) is 0 Å². The number of carbonyl (C=O) groups excluding carboxylic acids is 2. The highest BCUT2D eigenvalue weighted by molar-refractivity contribution is 7.12. The van der Waals surface area contributed by atoms with Crippen LogP contribution >= 0.6 is 11.3 Å². The van der Waals surface area contributed by atoms with Gasteiger partial charge in [0.05, 0.1) is 18.5 Å². The largest absolute Gasteiger partial charge is 0.465 e. The molecule has 0 spiro atoms. The van der Waals surface area contributed by atoms with E-state index in [-0.39, 0.29) is 5.91 Å². The Balaban J connectivity index is 1.76. The maximum atomic E-state index is 12.3. The number of thiophene rings is 1. The Labute approximate surface area is 136 Å². The number of nitrogens with zero attached hydrogens (tertiary/aromatic N) is 2. The quantitative estimate of drug-likeness (QED) is 0.748. The van der Waals surface area contributed by atoms with E-state index in [4.69, 9.17) is 4.74 Å². The van der Waals surface area contributed by atoms with Gasteiger partial charge in [0.25, 0.3) is 5.91 Å². The summed E-state index contributed by atoms with van der Waals surface area (Å²) in [5.74, 6) is -0.759. The van der Waals surface area contributed by atoms with E-state index in [1.807, 2.05) is 12.3 Å². The minimum absolute atomic E-state index is 0.291. The topological polar surface area (TPSA) is 73.2 Å². The summed E-state index contributed by atoms with van der Waals surface area (Å²) in [7, 11) is 1.31. The van der Waals surface area contributed by atoms with Gasteiger partial charge >= 0.3 is 5.97 Å². The summed E-state index contributed by atoms with van der Waals surface area (Å²) in [5, 5.41) is 8.58. The van der Waals surface area contributed by atoms with Crippen LogP contribution in [0.5, 0.6) is 0 Å². The van der Waals surface area contributed by atoms with Crippen molar-refractivity contribution in [2.45, 2.75) is 0 Å². The van der Waals surface area contributed by atoms with Crippen LogP contribution in [0.1, 0.15) is 20.0 Å². The molecule has 0 fully saturated rings. The van der Waals surface area contributed by atoms with Gasteiger partial charge in [0.1, 0.15) is 4.88 Å². The van der Waals surface area contributed by atoms with Crippen LogP contribution in [0.3, 0.4) is 0 Å². The smallest absolute Gasteiger partial charge is 0.350 e. The standard InChI is InChI=1S/C16H13N3O3S/c1-22-16(21)14-13(7-10-23-14)18-15(20)11-3-5-12(6-4-11)19-9-2-8-17-19/h2-10H,1H3,(H,18,20). The molecule has 0 atom stereocenters. The number of hydrogen-bond donors (Lipinski definition) is 1. The Morgan fingerprint density at radius 1 is 1.22 bits per heavy atom. The predicted molar refractivity (Wildman–Crippen MR) is 87.2 cm³/mol. The molecule has 0 saturated heterocycles. The highest BCUT2D eigenvalue weighted by Crippen LogP contribution is 2.23. The van der Waals surface area contributed by atoms with E-state index in [9.17, 15) is 9.59 Å². The minimum Gasteiger partial charge on any atom is -0.465 e. The molecule has 1 aromatic carbocycles. The van der Waals surface area contributed by atoms with Gasteiger partial charge in [0, 0.05) is 18.0 Å². The second kappa shape index (κ2) is 6.45. The average Bonchev–Trinajstić information content (AvgIpc) is 3.26. The Hall–Kier alpha value is -2.93. The van der Waals surface area contributed by atoms with Crippen LogP contribution in [0.15, 0.2) is 54.2 Å². The van der Waals surface area contributed by atoms with E-state index < -0.39 is 5.97 Å². The van der Waals surface area contributed by atoms with Gasteiger partial charge in [-0.15, -0.1) is 11.3 Å². The normalized spacial score (nSPS) is 10.3. The molecule has 0 saturated carbocycles. The monoisotopic (exact) mass is 327 g/mol. The van der Waals surface area contributed by atoms with Crippen LogP contribution in [-0.2, 0) is 4.74 Å². The molecule has 2 heterocycles. The molecule has 2 aromatic heterocycles.